The van der Waals surface area contributed by atoms with Gasteiger partial charge in [-0.1, -0.05) is 0 Å². The quantitative estimate of drug-likeness (QED) is 0.783. The van der Waals surface area contributed by atoms with E-state index in [0.717, 1.165) is 5.76 Å². The number of amides is 1. The van der Waals surface area contributed by atoms with E-state index in [9.17, 15) is 4.79 Å². The summed E-state index contributed by atoms with van der Waals surface area (Å²) in [7, 11) is 1.71. The van der Waals surface area contributed by atoms with Gasteiger partial charge in [0.25, 0.3) is 0 Å². The fourth-order valence-electron chi connectivity index (χ4n) is 1.20. The Hall–Kier alpha value is -1.29. The van der Waals surface area contributed by atoms with Gasteiger partial charge >= 0.3 is 0 Å². The van der Waals surface area contributed by atoms with E-state index in [1.165, 1.54) is 0 Å². The molecule has 0 radical (unpaired) electrons. The highest BCUT2D eigenvalue weighted by atomic mass is 16.3. The Morgan fingerprint density at radius 1 is 1.64 bits per heavy atom. The molecule has 0 aromatic carbocycles. The van der Waals surface area contributed by atoms with Gasteiger partial charge < -0.3 is 15.1 Å². The zero-order chi connectivity index (χ0) is 10.8. The molecule has 0 spiro atoms. The molecule has 0 aliphatic rings. The molecule has 78 valence electrons. The first kappa shape index (κ1) is 10.8. The third kappa shape index (κ3) is 2.60. The van der Waals surface area contributed by atoms with Gasteiger partial charge in [0.1, 0.15) is 5.76 Å². The maximum atomic E-state index is 11.7. The minimum absolute atomic E-state index is 0.103. The van der Waals surface area contributed by atoms with Crippen LogP contribution in [0.1, 0.15) is 19.6 Å². The summed E-state index contributed by atoms with van der Waals surface area (Å²) in [6.07, 6.45) is 1.58. The topological polar surface area (TPSA) is 59.5 Å². The highest BCUT2D eigenvalue weighted by Gasteiger charge is 2.25. The van der Waals surface area contributed by atoms with Crippen LogP contribution in [0.2, 0.25) is 0 Å². The van der Waals surface area contributed by atoms with Crippen molar-refractivity contribution in [3.05, 3.63) is 24.2 Å². The molecule has 0 bridgehead atoms. The molecule has 14 heavy (non-hydrogen) atoms. The van der Waals surface area contributed by atoms with Crippen LogP contribution in [0.3, 0.4) is 0 Å². The van der Waals surface area contributed by atoms with E-state index in [1.54, 1.807) is 38.1 Å². The second-order valence-corrected chi connectivity index (χ2v) is 3.96. The van der Waals surface area contributed by atoms with Crippen LogP contribution in [-0.4, -0.2) is 23.4 Å². The molecule has 0 unspecified atom stereocenters. The molecule has 0 fully saturated rings. The van der Waals surface area contributed by atoms with Crippen LogP contribution < -0.4 is 5.73 Å². The number of carbonyl (C=O) groups is 1. The third-order valence-corrected chi connectivity index (χ3v) is 1.87. The van der Waals surface area contributed by atoms with Crippen molar-refractivity contribution >= 4 is 5.91 Å². The molecule has 0 aliphatic heterocycles. The molecule has 0 saturated heterocycles. The molecular weight excluding hydrogens is 180 g/mol. The minimum atomic E-state index is -0.832. The molecule has 1 aromatic rings. The molecule has 1 amide bonds. The molecule has 1 aromatic heterocycles. The first-order valence-corrected chi connectivity index (χ1v) is 4.48. The number of likely N-dealkylation sites (N-methyl/N-ethyl adjacent to an activating group) is 1. The summed E-state index contributed by atoms with van der Waals surface area (Å²) in [5.74, 6) is 0.652. The normalized spacial score (nSPS) is 11.4. The van der Waals surface area contributed by atoms with Crippen molar-refractivity contribution in [1.82, 2.24) is 4.90 Å². The largest absolute Gasteiger partial charge is 0.467 e. The van der Waals surface area contributed by atoms with Gasteiger partial charge in [0.15, 0.2) is 0 Å². The average molecular weight is 196 g/mol. The monoisotopic (exact) mass is 196 g/mol. The van der Waals surface area contributed by atoms with Gasteiger partial charge in [-0.2, -0.15) is 0 Å². The maximum Gasteiger partial charge on any atom is 0.242 e. The molecule has 1 heterocycles. The van der Waals surface area contributed by atoms with Crippen molar-refractivity contribution in [2.24, 2.45) is 5.73 Å². The van der Waals surface area contributed by atoms with Crippen molar-refractivity contribution in [3.63, 3.8) is 0 Å². The number of hydrogen-bond donors (Lipinski definition) is 1. The lowest BCUT2D eigenvalue weighted by atomic mass is 10.1. The van der Waals surface area contributed by atoms with Gasteiger partial charge in [0.05, 0.1) is 18.3 Å². The molecule has 0 saturated carbocycles. The molecule has 1 rings (SSSR count). The van der Waals surface area contributed by atoms with E-state index in [-0.39, 0.29) is 5.91 Å². The highest BCUT2D eigenvalue weighted by Crippen LogP contribution is 2.08. The average Bonchev–Trinajstić information content (AvgIpc) is 2.53. The fraction of sp³-hybridized carbons (Fsp3) is 0.500. The van der Waals surface area contributed by atoms with E-state index in [2.05, 4.69) is 0 Å². The Morgan fingerprint density at radius 3 is 2.71 bits per heavy atom. The smallest absolute Gasteiger partial charge is 0.242 e. The van der Waals surface area contributed by atoms with Gasteiger partial charge in [-0.25, -0.2) is 0 Å². The molecular formula is C10H16N2O2. The van der Waals surface area contributed by atoms with Crippen LogP contribution >= 0.6 is 0 Å². The van der Waals surface area contributed by atoms with Gasteiger partial charge in [-0.05, 0) is 26.0 Å². The fourth-order valence-corrected chi connectivity index (χ4v) is 1.20. The highest BCUT2D eigenvalue weighted by molar-refractivity contribution is 5.84. The van der Waals surface area contributed by atoms with Crippen LogP contribution in [0.5, 0.6) is 0 Å². The standard InChI is InChI=1S/C10H16N2O2/c1-10(2,11)9(13)12(3)7-8-5-4-6-14-8/h4-6H,7,11H2,1-3H3. The predicted molar refractivity (Wildman–Crippen MR) is 53.4 cm³/mol. The predicted octanol–water partition coefficient (Wildman–Crippen LogP) is 0.975. The zero-order valence-corrected chi connectivity index (χ0v) is 8.78. The van der Waals surface area contributed by atoms with Crippen LogP contribution in [0.25, 0.3) is 0 Å². The number of nitrogens with zero attached hydrogens (tertiary/aromatic N) is 1. The SMILES string of the molecule is CN(Cc1ccco1)C(=O)C(C)(C)N. The van der Waals surface area contributed by atoms with Gasteiger partial charge in [-0.15, -0.1) is 0 Å². The van der Waals surface area contributed by atoms with Crippen molar-refractivity contribution in [3.8, 4) is 0 Å². The van der Waals surface area contributed by atoms with Crippen molar-refractivity contribution in [1.29, 1.82) is 0 Å². The Kier molecular flexibility index (Phi) is 2.96. The molecule has 0 atom stereocenters. The number of rotatable bonds is 3. The summed E-state index contributed by atoms with van der Waals surface area (Å²) < 4.78 is 5.13. The van der Waals surface area contributed by atoms with E-state index in [1.807, 2.05) is 6.07 Å². The number of hydrogen-bond acceptors (Lipinski definition) is 3. The van der Waals surface area contributed by atoms with E-state index in [4.69, 9.17) is 10.2 Å². The summed E-state index contributed by atoms with van der Waals surface area (Å²) in [4.78, 5) is 13.2. The summed E-state index contributed by atoms with van der Waals surface area (Å²) >= 11 is 0. The molecule has 2 N–H and O–H groups in total. The lowest BCUT2D eigenvalue weighted by Gasteiger charge is -2.24. The lowest BCUT2D eigenvalue weighted by molar-refractivity contribution is -0.135. The van der Waals surface area contributed by atoms with Gasteiger partial charge in [0, 0.05) is 7.05 Å². The third-order valence-electron chi connectivity index (χ3n) is 1.87. The van der Waals surface area contributed by atoms with Crippen molar-refractivity contribution in [2.45, 2.75) is 25.9 Å². The second-order valence-electron chi connectivity index (χ2n) is 3.96. The summed E-state index contributed by atoms with van der Waals surface area (Å²) in [6, 6.07) is 3.62. The first-order valence-electron chi connectivity index (χ1n) is 4.48. The Morgan fingerprint density at radius 2 is 2.29 bits per heavy atom. The van der Waals surface area contributed by atoms with Crippen LogP contribution in [0, 0.1) is 0 Å². The summed E-state index contributed by atoms with van der Waals surface area (Å²) in [6.45, 7) is 3.83. The van der Waals surface area contributed by atoms with Crippen molar-refractivity contribution < 1.29 is 9.21 Å². The molecule has 0 aliphatic carbocycles. The summed E-state index contributed by atoms with van der Waals surface area (Å²) in [5, 5.41) is 0. The Balaban J connectivity index is 2.59. The second kappa shape index (κ2) is 3.84. The number of carbonyl (C=O) groups excluding carboxylic acids is 1. The van der Waals surface area contributed by atoms with E-state index >= 15 is 0 Å². The zero-order valence-electron chi connectivity index (χ0n) is 8.78. The number of furan rings is 1. The van der Waals surface area contributed by atoms with E-state index in [0.29, 0.717) is 6.54 Å². The number of nitrogens with two attached hydrogens (primary N) is 1. The van der Waals surface area contributed by atoms with Crippen LogP contribution in [-0.2, 0) is 11.3 Å². The Bertz CT molecular complexity index is 298. The van der Waals surface area contributed by atoms with Crippen LogP contribution in [0.4, 0.5) is 0 Å². The summed E-state index contributed by atoms with van der Waals surface area (Å²) in [5.41, 5.74) is 4.86. The van der Waals surface area contributed by atoms with Gasteiger partial charge in [-0.3, -0.25) is 4.79 Å². The van der Waals surface area contributed by atoms with E-state index < -0.39 is 5.54 Å². The van der Waals surface area contributed by atoms with Crippen LogP contribution in [0.15, 0.2) is 22.8 Å². The van der Waals surface area contributed by atoms with Gasteiger partial charge in [0.2, 0.25) is 5.91 Å². The lowest BCUT2D eigenvalue weighted by Crippen LogP contribution is -2.49. The first-order chi connectivity index (χ1) is 6.41. The molecule has 4 heteroatoms. The molecule has 4 nitrogen and oxygen atoms in total. The van der Waals surface area contributed by atoms with Crippen molar-refractivity contribution in [2.75, 3.05) is 7.05 Å². The minimum Gasteiger partial charge on any atom is -0.467 e. The Labute approximate surface area is 83.7 Å². The maximum absolute atomic E-state index is 11.7.